The van der Waals surface area contributed by atoms with Crippen molar-refractivity contribution in [3.8, 4) is 0 Å². The molecule has 0 aromatic carbocycles. The molecular formula is C13H22N4. The summed E-state index contributed by atoms with van der Waals surface area (Å²) in [4.78, 5) is 8.82. The summed E-state index contributed by atoms with van der Waals surface area (Å²) in [7, 11) is 0. The van der Waals surface area contributed by atoms with E-state index in [9.17, 15) is 0 Å². The van der Waals surface area contributed by atoms with Crippen LogP contribution in [0, 0.1) is 5.92 Å². The summed E-state index contributed by atoms with van der Waals surface area (Å²) in [6, 6.07) is 0. The van der Waals surface area contributed by atoms with Crippen LogP contribution in [0.5, 0.6) is 0 Å². The summed E-state index contributed by atoms with van der Waals surface area (Å²) < 4.78 is 0. The van der Waals surface area contributed by atoms with Crippen molar-refractivity contribution in [2.45, 2.75) is 51.5 Å². The van der Waals surface area contributed by atoms with E-state index in [1.807, 2.05) is 0 Å². The molecule has 1 aliphatic carbocycles. The van der Waals surface area contributed by atoms with Crippen molar-refractivity contribution in [2.75, 3.05) is 5.73 Å². The number of nitrogen functional groups attached to an aromatic ring is 1. The van der Waals surface area contributed by atoms with Crippen LogP contribution in [0.2, 0.25) is 0 Å². The number of hydrogen-bond donors (Lipinski definition) is 2. The third-order valence-electron chi connectivity index (χ3n) is 3.93. The molecule has 94 valence electrons. The van der Waals surface area contributed by atoms with E-state index in [1.54, 1.807) is 6.20 Å². The number of rotatable bonds is 3. The maximum atomic E-state index is 5.86. The van der Waals surface area contributed by atoms with Crippen LogP contribution in [0.4, 0.5) is 5.82 Å². The average Bonchev–Trinajstić information content (AvgIpc) is 2.39. The third kappa shape index (κ3) is 2.75. The van der Waals surface area contributed by atoms with Crippen molar-refractivity contribution in [2.24, 2.45) is 11.7 Å². The van der Waals surface area contributed by atoms with E-state index in [-0.39, 0.29) is 0 Å². The van der Waals surface area contributed by atoms with Crippen LogP contribution in [0.25, 0.3) is 0 Å². The highest BCUT2D eigenvalue weighted by Crippen LogP contribution is 2.35. The Kier molecular flexibility index (Phi) is 3.94. The Labute approximate surface area is 103 Å². The molecule has 17 heavy (non-hydrogen) atoms. The summed E-state index contributed by atoms with van der Waals surface area (Å²) in [5.74, 6) is 2.85. The molecule has 0 spiro atoms. The lowest BCUT2D eigenvalue weighted by atomic mass is 9.80. The first-order chi connectivity index (χ1) is 8.24. The highest BCUT2D eigenvalue weighted by molar-refractivity contribution is 5.37. The first-order valence-corrected chi connectivity index (χ1v) is 6.56. The number of hydrogen-bond acceptors (Lipinski definition) is 4. The van der Waals surface area contributed by atoms with Gasteiger partial charge in [-0.2, -0.15) is 0 Å². The summed E-state index contributed by atoms with van der Waals surface area (Å²) >= 11 is 0. The maximum absolute atomic E-state index is 5.86. The van der Waals surface area contributed by atoms with Crippen LogP contribution in [0.3, 0.4) is 0 Å². The molecule has 1 heterocycles. The topological polar surface area (TPSA) is 77.8 Å². The molecule has 1 aliphatic rings. The molecule has 0 bridgehead atoms. The summed E-state index contributed by atoms with van der Waals surface area (Å²) in [5.41, 5.74) is 12.3. The molecule has 0 amide bonds. The second-order valence-corrected chi connectivity index (χ2v) is 4.97. The molecule has 0 atom stereocenters. The monoisotopic (exact) mass is 234 g/mol. The van der Waals surface area contributed by atoms with Crippen molar-refractivity contribution in [1.82, 2.24) is 9.97 Å². The van der Waals surface area contributed by atoms with Crippen molar-refractivity contribution < 1.29 is 0 Å². The molecule has 4 heteroatoms. The van der Waals surface area contributed by atoms with E-state index >= 15 is 0 Å². The molecule has 1 saturated carbocycles. The third-order valence-corrected chi connectivity index (χ3v) is 3.93. The largest absolute Gasteiger partial charge is 0.383 e. The Morgan fingerprint density at radius 2 is 2.00 bits per heavy atom. The summed E-state index contributed by atoms with van der Waals surface area (Å²) in [6.07, 6.45) is 8.05. The predicted octanol–water partition coefficient (Wildman–Crippen LogP) is 2.20. The SMILES string of the molecule is CCC1CCC(c2ncc(CN)c(N)n2)CC1. The van der Waals surface area contributed by atoms with E-state index < -0.39 is 0 Å². The fraction of sp³-hybridized carbons (Fsp3) is 0.692. The molecule has 0 radical (unpaired) electrons. The number of anilines is 1. The van der Waals surface area contributed by atoms with Gasteiger partial charge in [0.05, 0.1) is 0 Å². The van der Waals surface area contributed by atoms with Gasteiger partial charge in [-0.05, 0) is 31.6 Å². The smallest absolute Gasteiger partial charge is 0.133 e. The Hall–Kier alpha value is -1.16. The molecule has 4 N–H and O–H groups in total. The van der Waals surface area contributed by atoms with Gasteiger partial charge < -0.3 is 11.5 Å². The molecular weight excluding hydrogens is 212 g/mol. The number of aromatic nitrogens is 2. The summed E-state index contributed by atoms with van der Waals surface area (Å²) in [6.45, 7) is 2.68. The Balaban J connectivity index is 2.06. The molecule has 2 rings (SSSR count). The lowest BCUT2D eigenvalue weighted by Gasteiger charge is -2.26. The Bertz CT molecular complexity index is 370. The van der Waals surface area contributed by atoms with E-state index in [0.29, 0.717) is 18.3 Å². The van der Waals surface area contributed by atoms with Crippen LogP contribution in [-0.2, 0) is 6.54 Å². The second-order valence-electron chi connectivity index (χ2n) is 4.97. The van der Waals surface area contributed by atoms with Crippen molar-refractivity contribution in [3.05, 3.63) is 17.6 Å². The Morgan fingerprint density at radius 1 is 1.29 bits per heavy atom. The highest BCUT2D eigenvalue weighted by Gasteiger charge is 2.23. The molecule has 1 aromatic rings. The first-order valence-electron chi connectivity index (χ1n) is 6.56. The molecule has 0 unspecified atom stereocenters. The van der Waals surface area contributed by atoms with Crippen LogP contribution in [-0.4, -0.2) is 9.97 Å². The predicted molar refractivity (Wildman–Crippen MR) is 69.3 cm³/mol. The molecule has 4 nitrogen and oxygen atoms in total. The van der Waals surface area contributed by atoms with Crippen LogP contribution in [0.1, 0.15) is 56.3 Å². The average molecular weight is 234 g/mol. The van der Waals surface area contributed by atoms with Gasteiger partial charge in [0, 0.05) is 24.2 Å². The minimum Gasteiger partial charge on any atom is -0.383 e. The van der Waals surface area contributed by atoms with Gasteiger partial charge in [0.1, 0.15) is 11.6 Å². The minimum absolute atomic E-state index is 0.411. The van der Waals surface area contributed by atoms with Gasteiger partial charge in [0.2, 0.25) is 0 Å². The fourth-order valence-corrected chi connectivity index (χ4v) is 2.62. The van der Waals surface area contributed by atoms with Crippen molar-refractivity contribution in [1.29, 1.82) is 0 Å². The van der Waals surface area contributed by atoms with Gasteiger partial charge in [-0.25, -0.2) is 9.97 Å². The van der Waals surface area contributed by atoms with Crippen LogP contribution < -0.4 is 11.5 Å². The molecule has 1 fully saturated rings. The van der Waals surface area contributed by atoms with Crippen molar-refractivity contribution in [3.63, 3.8) is 0 Å². The normalized spacial score (nSPS) is 24.8. The first kappa shape index (κ1) is 12.3. The van der Waals surface area contributed by atoms with E-state index in [2.05, 4.69) is 16.9 Å². The van der Waals surface area contributed by atoms with Gasteiger partial charge in [-0.15, -0.1) is 0 Å². The number of nitrogens with two attached hydrogens (primary N) is 2. The lowest BCUT2D eigenvalue weighted by Crippen LogP contribution is -2.16. The van der Waals surface area contributed by atoms with E-state index in [1.165, 1.54) is 32.1 Å². The van der Waals surface area contributed by atoms with Crippen LogP contribution in [0.15, 0.2) is 6.20 Å². The quantitative estimate of drug-likeness (QED) is 0.840. The fourth-order valence-electron chi connectivity index (χ4n) is 2.62. The van der Waals surface area contributed by atoms with Gasteiger partial charge in [0.15, 0.2) is 0 Å². The Morgan fingerprint density at radius 3 is 2.53 bits per heavy atom. The van der Waals surface area contributed by atoms with E-state index in [0.717, 1.165) is 17.3 Å². The van der Waals surface area contributed by atoms with Crippen molar-refractivity contribution >= 4 is 5.82 Å². The molecule has 1 aromatic heterocycles. The second kappa shape index (κ2) is 5.45. The standard InChI is InChI=1S/C13H22N4/c1-2-9-3-5-10(6-4-9)13-16-8-11(7-14)12(15)17-13/h8-10H,2-7,14H2,1H3,(H2,15,16,17). The van der Waals surface area contributed by atoms with Gasteiger partial charge in [-0.3, -0.25) is 0 Å². The summed E-state index contributed by atoms with van der Waals surface area (Å²) in [5, 5.41) is 0. The molecule has 0 aliphatic heterocycles. The lowest BCUT2D eigenvalue weighted by molar-refractivity contribution is 0.312. The maximum Gasteiger partial charge on any atom is 0.133 e. The number of nitrogens with zero attached hydrogens (tertiary/aromatic N) is 2. The highest BCUT2D eigenvalue weighted by atomic mass is 15.0. The van der Waals surface area contributed by atoms with Gasteiger partial charge in [-0.1, -0.05) is 13.3 Å². The zero-order valence-electron chi connectivity index (χ0n) is 10.5. The zero-order chi connectivity index (χ0) is 12.3. The zero-order valence-corrected chi connectivity index (χ0v) is 10.5. The van der Waals surface area contributed by atoms with Gasteiger partial charge >= 0.3 is 0 Å². The van der Waals surface area contributed by atoms with E-state index in [4.69, 9.17) is 11.5 Å². The van der Waals surface area contributed by atoms with Crippen LogP contribution >= 0.6 is 0 Å². The minimum atomic E-state index is 0.411. The molecule has 0 saturated heterocycles. The van der Waals surface area contributed by atoms with Gasteiger partial charge in [0.25, 0.3) is 0 Å².